The van der Waals surface area contributed by atoms with E-state index < -0.39 is 11.5 Å². The Bertz CT molecular complexity index is 678. The molecule has 0 saturated carbocycles. The van der Waals surface area contributed by atoms with E-state index in [2.05, 4.69) is 5.32 Å². The summed E-state index contributed by atoms with van der Waals surface area (Å²) in [6.45, 7) is 1.30. The number of amides is 1. The van der Waals surface area contributed by atoms with Crippen LogP contribution < -0.4 is 10.1 Å². The first-order valence-electron chi connectivity index (χ1n) is 8.38. The predicted molar refractivity (Wildman–Crippen MR) is 97.0 cm³/mol. The number of aliphatic hydroxyl groups is 1. The molecule has 1 atom stereocenters. The molecule has 25 heavy (non-hydrogen) atoms. The maximum absolute atomic E-state index is 13.0. The number of rotatable bonds is 6. The number of benzene rings is 1. The summed E-state index contributed by atoms with van der Waals surface area (Å²) in [7, 11) is 1.62. The lowest BCUT2D eigenvalue weighted by molar-refractivity contribution is -0.131. The Labute approximate surface area is 151 Å². The van der Waals surface area contributed by atoms with E-state index in [-0.39, 0.29) is 12.5 Å². The molecule has 1 aliphatic rings. The van der Waals surface area contributed by atoms with Crippen molar-refractivity contribution in [2.24, 2.45) is 0 Å². The van der Waals surface area contributed by atoms with Crippen molar-refractivity contribution in [2.75, 3.05) is 26.9 Å². The zero-order valence-corrected chi connectivity index (χ0v) is 15.1. The summed E-state index contributed by atoms with van der Waals surface area (Å²) >= 11 is 1.48. The van der Waals surface area contributed by atoms with Gasteiger partial charge in [-0.15, -0.1) is 11.3 Å². The van der Waals surface area contributed by atoms with Crippen molar-refractivity contribution in [1.29, 1.82) is 0 Å². The highest BCUT2D eigenvalue weighted by atomic mass is 32.1. The molecular weight excluding hydrogens is 338 g/mol. The third-order valence-corrected chi connectivity index (χ3v) is 5.72. The van der Waals surface area contributed by atoms with Crippen LogP contribution in [0.25, 0.3) is 0 Å². The number of hydrogen-bond acceptors (Lipinski definition) is 5. The first kappa shape index (κ1) is 17.9. The highest BCUT2D eigenvalue weighted by molar-refractivity contribution is 7.10. The molecule has 2 aromatic rings. The maximum Gasteiger partial charge on any atom is 0.230 e. The predicted octanol–water partition coefficient (Wildman–Crippen LogP) is 2.65. The summed E-state index contributed by atoms with van der Waals surface area (Å²) in [5.74, 6) is 0.705. The minimum absolute atomic E-state index is 0.0587. The Hall–Kier alpha value is -1.89. The lowest BCUT2D eigenvalue weighted by Gasteiger charge is -2.36. The molecule has 1 aromatic heterocycles. The van der Waals surface area contributed by atoms with E-state index in [1.807, 2.05) is 41.8 Å². The molecule has 1 saturated heterocycles. The van der Waals surface area contributed by atoms with Crippen LogP contribution in [0.15, 0.2) is 41.8 Å². The van der Waals surface area contributed by atoms with Crippen LogP contribution in [0, 0.1) is 0 Å². The van der Waals surface area contributed by atoms with Crippen molar-refractivity contribution < 1.29 is 19.4 Å². The fraction of sp³-hybridized carbons (Fsp3) is 0.421. The van der Waals surface area contributed by atoms with Crippen LogP contribution in [0.5, 0.6) is 5.75 Å². The van der Waals surface area contributed by atoms with Crippen LogP contribution in [0.4, 0.5) is 0 Å². The first-order valence-corrected chi connectivity index (χ1v) is 9.26. The van der Waals surface area contributed by atoms with E-state index in [0.29, 0.717) is 26.1 Å². The van der Waals surface area contributed by atoms with Crippen LogP contribution in [0.1, 0.15) is 29.4 Å². The molecule has 0 bridgehead atoms. The molecule has 0 aliphatic carbocycles. The molecule has 1 amide bonds. The lowest BCUT2D eigenvalue weighted by atomic mass is 9.73. The van der Waals surface area contributed by atoms with Crippen molar-refractivity contribution in [3.05, 3.63) is 52.2 Å². The van der Waals surface area contributed by atoms with E-state index in [4.69, 9.17) is 9.47 Å². The van der Waals surface area contributed by atoms with Crippen LogP contribution in [-0.4, -0.2) is 37.9 Å². The second kappa shape index (κ2) is 7.99. The molecule has 1 unspecified atom stereocenters. The molecule has 134 valence electrons. The largest absolute Gasteiger partial charge is 0.497 e. The summed E-state index contributed by atoms with van der Waals surface area (Å²) in [4.78, 5) is 13.9. The van der Waals surface area contributed by atoms with E-state index in [1.165, 1.54) is 11.3 Å². The molecule has 1 aliphatic heterocycles. The average molecular weight is 361 g/mol. The second-order valence-electron chi connectivity index (χ2n) is 6.16. The smallest absolute Gasteiger partial charge is 0.230 e. The number of ether oxygens (including phenoxy) is 2. The Balaban J connectivity index is 1.75. The third-order valence-electron chi connectivity index (χ3n) is 4.75. The second-order valence-corrected chi connectivity index (χ2v) is 7.14. The van der Waals surface area contributed by atoms with Crippen molar-refractivity contribution in [3.8, 4) is 5.75 Å². The Morgan fingerprint density at radius 2 is 2.04 bits per heavy atom. The number of aliphatic hydroxyl groups excluding tert-OH is 1. The minimum Gasteiger partial charge on any atom is -0.497 e. The van der Waals surface area contributed by atoms with Crippen molar-refractivity contribution >= 4 is 17.2 Å². The molecule has 0 spiro atoms. The van der Waals surface area contributed by atoms with Crippen molar-refractivity contribution in [3.63, 3.8) is 0 Å². The molecule has 5 nitrogen and oxygen atoms in total. The average Bonchev–Trinajstić information content (AvgIpc) is 3.21. The van der Waals surface area contributed by atoms with Gasteiger partial charge in [0.1, 0.15) is 11.9 Å². The molecule has 6 heteroatoms. The van der Waals surface area contributed by atoms with E-state index in [1.54, 1.807) is 7.11 Å². The quantitative estimate of drug-likeness (QED) is 0.830. The van der Waals surface area contributed by atoms with Crippen molar-refractivity contribution in [2.45, 2.75) is 24.4 Å². The van der Waals surface area contributed by atoms with Gasteiger partial charge in [0, 0.05) is 24.6 Å². The number of carbonyl (C=O) groups excluding carboxylic acids is 1. The van der Waals surface area contributed by atoms with Gasteiger partial charge in [0.25, 0.3) is 0 Å². The standard InChI is InChI=1S/C19H23NO4S/c1-23-15-6-4-14(5-7-15)19(8-10-24-11-9-19)18(22)20-13-16(21)17-3-2-12-25-17/h2-7,12,16,21H,8-11,13H2,1H3,(H,20,22). The molecular formula is C19H23NO4S. The van der Waals surface area contributed by atoms with E-state index in [0.717, 1.165) is 16.2 Å². The van der Waals surface area contributed by atoms with Gasteiger partial charge < -0.3 is 19.9 Å². The normalized spacial score (nSPS) is 17.7. The van der Waals surface area contributed by atoms with Crippen LogP contribution in [-0.2, 0) is 14.9 Å². The number of nitrogens with one attached hydrogen (secondary N) is 1. The molecule has 2 N–H and O–H groups in total. The molecule has 2 heterocycles. The minimum atomic E-state index is -0.684. The Morgan fingerprint density at radius 3 is 2.64 bits per heavy atom. The number of carbonyl (C=O) groups is 1. The number of thiophene rings is 1. The fourth-order valence-electron chi connectivity index (χ4n) is 3.22. The summed E-state index contributed by atoms with van der Waals surface area (Å²) in [6.07, 6.45) is 0.567. The first-order chi connectivity index (χ1) is 12.2. The summed E-state index contributed by atoms with van der Waals surface area (Å²) in [5, 5.41) is 15.1. The van der Waals surface area contributed by atoms with Gasteiger partial charge in [-0.3, -0.25) is 4.79 Å². The van der Waals surface area contributed by atoms with Gasteiger partial charge in [0.05, 0.1) is 12.5 Å². The molecule has 1 aromatic carbocycles. The Morgan fingerprint density at radius 1 is 1.32 bits per heavy atom. The van der Waals surface area contributed by atoms with E-state index in [9.17, 15) is 9.90 Å². The summed E-state index contributed by atoms with van der Waals surface area (Å²) < 4.78 is 10.7. The van der Waals surface area contributed by atoms with Crippen LogP contribution in [0.2, 0.25) is 0 Å². The maximum atomic E-state index is 13.0. The van der Waals surface area contributed by atoms with Gasteiger partial charge in [0.15, 0.2) is 0 Å². The van der Waals surface area contributed by atoms with Crippen molar-refractivity contribution in [1.82, 2.24) is 5.32 Å². The van der Waals surface area contributed by atoms with E-state index >= 15 is 0 Å². The van der Waals surface area contributed by atoms with Gasteiger partial charge in [-0.1, -0.05) is 18.2 Å². The molecule has 0 radical (unpaired) electrons. The monoisotopic (exact) mass is 361 g/mol. The van der Waals surface area contributed by atoms with Gasteiger partial charge in [-0.05, 0) is 42.0 Å². The highest BCUT2D eigenvalue weighted by Gasteiger charge is 2.41. The summed E-state index contributed by atoms with van der Waals surface area (Å²) in [5.41, 5.74) is 0.333. The zero-order chi connectivity index (χ0) is 17.7. The SMILES string of the molecule is COc1ccc(C2(C(=O)NCC(O)c3cccs3)CCOCC2)cc1. The molecule has 3 rings (SSSR count). The summed E-state index contributed by atoms with van der Waals surface area (Å²) in [6, 6.07) is 11.4. The zero-order valence-electron chi connectivity index (χ0n) is 14.2. The van der Waals surface area contributed by atoms with Gasteiger partial charge in [0.2, 0.25) is 5.91 Å². The van der Waals surface area contributed by atoms with Crippen LogP contribution >= 0.6 is 11.3 Å². The third kappa shape index (κ3) is 3.86. The number of hydrogen-bond donors (Lipinski definition) is 2. The van der Waals surface area contributed by atoms with Gasteiger partial charge >= 0.3 is 0 Å². The number of methoxy groups -OCH3 is 1. The highest BCUT2D eigenvalue weighted by Crippen LogP contribution is 2.36. The fourth-order valence-corrected chi connectivity index (χ4v) is 3.93. The lowest BCUT2D eigenvalue weighted by Crippen LogP contribution is -2.48. The van der Waals surface area contributed by atoms with Crippen LogP contribution in [0.3, 0.4) is 0 Å². The Kier molecular flexibility index (Phi) is 5.73. The van der Waals surface area contributed by atoms with Gasteiger partial charge in [-0.25, -0.2) is 0 Å². The van der Waals surface area contributed by atoms with Gasteiger partial charge in [-0.2, -0.15) is 0 Å². The molecule has 1 fully saturated rings. The topological polar surface area (TPSA) is 67.8 Å².